The summed E-state index contributed by atoms with van der Waals surface area (Å²) in [4.78, 5) is 23.0. The van der Waals surface area contributed by atoms with E-state index in [0.29, 0.717) is 17.8 Å². The highest BCUT2D eigenvalue weighted by Crippen LogP contribution is 2.00. The Morgan fingerprint density at radius 2 is 1.86 bits per heavy atom. The van der Waals surface area contributed by atoms with E-state index in [1.54, 1.807) is 19.9 Å². The van der Waals surface area contributed by atoms with Crippen molar-refractivity contribution in [3.05, 3.63) is 23.8 Å². The quantitative estimate of drug-likeness (QED) is 0.424. The van der Waals surface area contributed by atoms with Crippen molar-refractivity contribution in [1.82, 2.24) is 4.90 Å². The van der Waals surface area contributed by atoms with Crippen LogP contribution in [0, 0.1) is 0 Å². The lowest BCUT2D eigenvalue weighted by Crippen LogP contribution is -2.20. The number of nitrogens with zero attached hydrogens (tertiary/aromatic N) is 1. The Kier molecular flexibility index (Phi) is 13.8. The van der Waals surface area contributed by atoms with Gasteiger partial charge in [0.2, 0.25) is 0 Å². The number of carbonyl (C=O) groups excluding carboxylic acids is 1. The summed E-state index contributed by atoms with van der Waals surface area (Å²) >= 11 is 0. The van der Waals surface area contributed by atoms with Gasteiger partial charge >= 0.3 is 11.9 Å². The van der Waals surface area contributed by atoms with E-state index in [2.05, 4.69) is 13.5 Å². The predicted molar refractivity (Wildman–Crippen MR) is 85.2 cm³/mol. The summed E-state index contributed by atoms with van der Waals surface area (Å²) in [7, 11) is 3.85. The number of allylic oxidation sites excluding steroid dienone is 1. The Hall–Kier alpha value is -1.62. The number of aliphatic carboxylic acids is 1. The Labute approximate surface area is 128 Å². The Balaban J connectivity index is 0. The van der Waals surface area contributed by atoms with E-state index >= 15 is 0 Å². The SMILES string of the molecule is C=C(C)C(=O)OCCN(C)C.CCCCC=C(C)C(=O)O. The van der Waals surface area contributed by atoms with Crippen molar-refractivity contribution in [3.63, 3.8) is 0 Å². The van der Waals surface area contributed by atoms with Crippen molar-refractivity contribution in [1.29, 1.82) is 0 Å². The van der Waals surface area contributed by atoms with Gasteiger partial charge < -0.3 is 14.7 Å². The van der Waals surface area contributed by atoms with E-state index in [1.165, 1.54) is 0 Å². The summed E-state index contributed by atoms with van der Waals surface area (Å²) in [6.07, 6.45) is 4.84. The second-order valence-electron chi connectivity index (χ2n) is 5.05. The van der Waals surface area contributed by atoms with Crippen LogP contribution in [-0.4, -0.2) is 49.2 Å². The minimum absolute atomic E-state index is 0.313. The molecule has 0 aliphatic carbocycles. The van der Waals surface area contributed by atoms with E-state index in [-0.39, 0.29) is 5.97 Å². The van der Waals surface area contributed by atoms with Crippen molar-refractivity contribution in [2.45, 2.75) is 40.0 Å². The lowest BCUT2D eigenvalue weighted by molar-refractivity contribution is -0.139. The van der Waals surface area contributed by atoms with Gasteiger partial charge in [0.15, 0.2) is 0 Å². The molecule has 0 aromatic carbocycles. The number of esters is 1. The molecule has 5 heteroatoms. The molecule has 5 nitrogen and oxygen atoms in total. The molecule has 0 heterocycles. The number of ether oxygens (including phenoxy) is 1. The minimum Gasteiger partial charge on any atom is -0.478 e. The van der Waals surface area contributed by atoms with Crippen LogP contribution in [0.3, 0.4) is 0 Å². The number of hydrogen-bond donors (Lipinski definition) is 1. The van der Waals surface area contributed by atoms with E-state index in [1.807, 2.05) is 19.0 Å². The molecule has 0 bridgehead atoms. The van der Waals surface area contributed by atoms with Crippen LogP contribution in [0.5, 0.6) is 0 Å². The molecule has 0 aliphatic rings. The number of carboxylic acids is 1. The van der Waals surface area contributed by atoms with E-state index in [4.69, 9.17) is 9.84 Å². The summed E-state index contributed by atoms with van der Waals surface area (Å²) in [6.45, 7) is 9.99. The third-order valence-electron chi connectivity index (χ3n) is 2.47. The summed E-state index contributed by atoms with van der Waals surface area (Å²) in [5.41, 5.74) is 0.900. The molecule has 0 aromatic heterocycles. The summed E-state index contributed by atoms with van der Waals surface area (Å²) in [6, 6.07) is 0. The number of carbonyl (C=O) groups is 2. The van der Waals surface area contributed by atoms with Crippen molar-refractivity contribution < 1.29 is 19.4 Å². The van der Waals surface area contributed by atoms with Crippen LogP contribution < -0.4 is 0 Å². The minimum atomic E-state index is -0.809. The molecule has 0 fully saturated rings. The van der Waals surface area contributed by atoms with Gasteiger partial charge in [0.25, 0.3) is 0 Å². The van der Waals surface area contributed by atoms with Gasteiger partial charge in [-0.1, -0.05) is 32.4 Å². The lowest BCUT2D eigenvalue weighted by Gasteiger charge is -2.09. The third-order valence-corrected chi connectivity index (χ3v) is 2.47. The fraction of sp³-hybridized carbons (Fsp3) is 0.625. The second kappa shape index (κ2) is 13.4. The van der Waals surface area contributed by atoms with Crippen LogP contribution in [-0.2, 0) is 14.3 Å². The number of rotatable bonds is 8. The summed E-state index contributed by atoms with van der Waals surface area (Å²) in [5, 5.41) is 8.41. The Morgan fingerprint density at radius 3 is 2.24 bits per heavy atom. The van der Waals surface area contributed by atoms with Gasteiger partial charge in [-0.05, 0) is 34.4 Å². The molecule has 0 atom stereocenters. The molecule has 0 aromatic rings. The summed E-state index contributed by atoms with van der Waals surface area (Å²) < 4.78 is 4.83. The van der Waals surface area contributed by atoms with Gasteiger partial charge in [-0.2, -0.15) is 0 Å². The van der Waals surface area contributed by atoms with E-state index in [9.17, 15) is 9.59 Å². The van der Waals surface area contributed by atoms with Crippen LogP contribution >= 0.6 is 0 Å². The predicted octanol–water partition coefficient (Wildman–Crippen LogP) is 2.87. The molecule has 0 unspecified atom stereocenters. The molecule has 0 rings (SSSR count). The van der Waals surface area contributed by atoms with Gasteiger partial charge in [0.1, 0.15) is 6.61 Å². The molecule has 122 valence electrons. The van der Waals surface area contributed by atoms with Crippen LogP contribution in [0.25, 0.3) is 0 Å². The molecule has 1 N–H and O–H groups in total. The number of carboxylic acid groups (broad SMARTS) is 1. The fourth-order valence-corrected chi connectivity index (χ4v) is 1.05. The van der Waals surface area contributed by atoms with Crippen molar-refractivity contribution >= 4 is 11.9 Å². The molecule has 21 heavy (non-hydrogen) atoms. The first-order valence-corrected chi connectivity index (χ1v) is 7.09. The molecule has 0 radical (unpaired) electrons. The third kappa shape index (κ3) is 16.3. The van der Waals surface area contributed by atoms with Crippen LogP contribution in [0.4, 0.5) is 0 Å². The normalized spacial score (nSPS) is 10.7. The zero-order valence-corrected chi connectivity index (χ0v) is 13.9. The Morgan fingerprint density at radius 1 is 1.29 bits per heavy atom. The monoisotopic (exact) mass is 299 g/mol. The number of likely N-dealkylation sites (N-methyl/N-ethyl adjacent to an activating group) is 1. The fourth-order valence-electron chi connectivity index (χ4n) is 1.05. The maximum Gasteiger partial charge on any atom is 0.333 e. The average Bonchev–Trinajstić information content (AvgIpc) is 2.38. The zero-order valence-electron chi connectivity index (χ0n) is 13.9. The lowest BCUT2D eigenvalue weighted by atomic mass is 10.2. The maximum absolute atomic E-state index is 10.8. The first-order chi connectivity index (χ1) is 9.72. The molecular formula is C16H29NO4. The largest absolute Gasteiger partial charge is 0.478 e. The van der Waals surface area contributed by atoms with Crippen molar-refractivity contribution in [2.24, 2.45) is 0 Å². The highest BCUT2D eigenvalue weighted by atomic mass is 16.5. The van der Waals surface area contributed by atoms with Crippen LogP contribution in [0.1, 0.15) is 40.0 Å². The van der Waals surface area contributed by atoms with Gasteiger partial charge in [0.05, 0.1) is 0 Å². The van der Waals surface area contributed by atoms with Gasteiger partial charge in [0, 0.05) is 17.7 Å². The molecule has 0 saturated carbocycles. The average molecular weight is 299 g/mol. The first-order valence-electron chi connectivity index (χ1n) is 7.09. The summed E-state index contributed by atoms with van der Waals surface area (Å²) in [5.74, 6) is -1.12. The zero-order chi connectivity index (χ0) is 16.8. The standard InChI is InChI=1S/C8H15NO2.C8H14O2/c1-7(2)8(10)11-6-5-9(3)4;1-3-4-5-6-7(2)8(9)10/h1,5-6H2,2-4H3;6H,3-5H2,1-2H3,(H,9,10). The highest BCUT2D eigenvalue weighted by Gasteiger charge is 2.01. The van der Waals surface area contributed by atoms with Gasteiger partial charge in [-0.25, -0.2) is 9.59 Å². The van der Waals surface area contributed by atoms with Crippen LogP contribution in [0.15, 0.2) is 23.8 Å². The molecular weight excluding hydrogens is 270 g/mol. The molecule has 0 spiro atoms. The number of hydrogen-bond acceptors (Lipinski definition) is 4. The number of unbranched alkanes of at least 4 members (excludes halogenated alkanes) is 2. The molecule has 0 saturated heterocycles. The molecule has 0 aliphatic heterocycles. The van der Waals surface area contributed by atoms with Crippen molar-refractivity contribution in [3.8, 4) is 0 Å². The second-order valence-corrected chi connectivity index (χ2v) is 5.05. The maximum atomic E-state index is 10.8. The topological polar surface area (TPSA) is 66.8 Å². The van der Waals surface area contributed by atoms with Gasteiger partial charge in [-0.15, -0.1) is 0 Å². The first kappa shape index (κ1) is 21.7. The molecule has 0 amide bonds. The van der Waals surface area contributed by atoms with Crippen LogP contribution in [0.2, 0.25) is 0 Å². The van der Waals surface area contributed by atoms with E-state index < -0.39 is 5.97 Å². The van der Waals surface area contributed by atoms with E-state index in [0.717, 1.165) is 25.8 Å². The Bertz CT molecular complexity index is 359. The highest BCUT2D eigenvalue weighted by molar-refractivity contribution is 5.87. The van der Waals surface area contributed by atoms with Crippen molar-refractivity contribution in [2.75, 3.05) is 27.2 Å². The van der Waals surface area contributed by atoms with Gasteiger partial charge in [-0.3, -0.25) is 0 Å². The smallest absolute Gasteiger partial charge is 0.333 e.